The highest BCUT2D eigenvalue weighted by molar-refractivity contribution is 8.00. The Morgan fingerprint density at radius 1 is 1.30 bits per heavy atom. The number of non-ortho nitro benzene ring substituents is 1. The van der Waals surface area contributed by atoms with Gasteiger partial charge in [0.15, 0.2) is 6.61 Å². The molecule has 1 fully saturated rings. The van der Waals surface area contributed by atoms with E-state index in [1.165, 1.54) is 41.0 Å². The number of benzene rings is 2. The predicted molar refractivity (Wildman–Crippen MR) is 100 cm³/mol. The smallest absolute Gasteiger partial charge is 0.276 e. The van der Waals surface area contributed by atoms with Crippen molar-refractivity contribution in [3.63, 3.8) is 0 Å². The van der Waals surface area contributed by atoms with Crippen LogP contribution >= 0.6 is 23.4 Å². The van der Waals surface area contributed by atoms with E-state index in [1.54, 1.807) is 18.2 Å². The first-order valence-electron chi connectivity index (χ1n) is 7.80. The van der Waals surface area contributed by atoms with Crippen molar-refractivity contribution in [3.05, 3.63) is 69.2 Å². The zero-order valence-corrected chi connectivity index (χ0v) is 15.4. The summed E-state index contributed by atoms with van der Waals surface area (Å²) >= 11 is 7.55. The number of carbonyl (C=O) groups excluding carboxylic acids is 2. The first-order chi connectivity index (χ1) is 13.0. The van der Waals surface area contributed by atoms with E-state index in [2.05, 4.69) is 5.43 Å². The third-order valence-electron chi connectivity index (χ3n) is 3.70. The Kier molecular flexibility index (Phi) is 5.82. The third-order valence-corrected chi connectivity index (χ3v) is 5.24. The summed E-state index contributed by atoms with van der Waals surface area (Å²) in [6, 6.07) is 12.5. The lowest BCUT2D eigenvalue weighted by atomic mass is 10.2. The van der Waals surface area contributed by atoms with Crippen LogP contribution in [0.3, 0.4) is 0 Å². The molecule has 0 spiro atoms. The maximum absolute atomic E-state index is 12.2. The van der Waals surface area contributed by atoms with Gasteiger partial charge in [-0.05, 0) is 18.2 Å². The number of nitro benzene ring substituents is 1. The standard InChI is InChI=1S/C17H14ClN3O5S/c18-14-4-2-1-3-13(14)17-20(16(23)10-27-17)19-15(22)9-26-12-7-5-11(6-8-12)21(24)25/h1-8,17H,9-10H2,(H,19,22). The largest absolute Gasteiger partial charge is 0.484 e. The molecule has 0 aromatic heterocycles. The number of nitrogens with one attached hydrogen (secondary N) is 1. The van der Waals surface area contributed by atoms with Crippen molar-refractivity contribution < 1.29 is 19.2 Å². The van der Waals surface area contributed by atoms with Crippen LogP contribution in [0.1, 0.15) is 10.9 Å². The number of halogens is 1. The van der Waals surface area contributed by atoms with Gasteiger partial charge in [-0.1, -0.05) is 29.8 Å². The van der Waals surface area contributed by atoms with Gasteiger partial charge in [0.2, 0.25) is 0 Å². The molecule has 1 unspecified atom stereocenters. The lowest BCUT2D eigenvalue weighted by molar-refractivity contribution is -0.384. The van der Waals surface area contributed by atoms with Crippen LogP contribution in [-0.2, 0) is 9.59 Å². The lowest BCUT2D eigenvalue weighted by Gasteiger charge is -2.25. The average molecular weight is 408 g/mol. The predicted octanol–water partition coefficient (Wildman–Crippen LogP) is 2.93. The quantitative estimate of drug-likeness (QED) is 0.583. The summed E-state index contributed by atoms with van der Waals surface area (Å²) in [6.07, 6.45) is 0. The number of hydrogen-bond acceptors (Lipinski definition) is 6. The molecule has 0 aliphatic carbocycles. The molecule has 2 amide bonds. The molecular formula is C17H14ClN3O5S. The van der Waals surface area contributed by atoms with Gasteiger partial charge in [0.25, 0.3) is 17.5 Å². The molecule has 27 heavy (non-hydrogen) atoms. The summed E-state index contributed by atoms with van der Waals surface area (Å²) in [4.78, 5) is 34.4. The highest BCUT2D eigenvalue weighted by Crippen LogP contribution is 2.40. The van der Waals surface area contributed by atoms with Crippen LogP contribution in [0, 0.1) is 10.1 Å². The van der Waals surface area contributed by atoms with Gasteiger partial charge in [-0.2, -0.15) is 0 Å². The zero-order chi connectivity index (χ0) is 19.4. The number of carbonyl (C=O) groups is 2. The maximum atomic E-state index is 12.2. The van der Waals surface area contributed by atoms with E-state index in [-0.39, 0.29) is 24.0 Å². The van der Waals surface area contributed by atoms with E-state index < -0.39 is 16.2 Å². The van der Waals surface area contributed by atoms with Gasteiger partial charge < -0.3 is 4.74 Å². The Labute approximate surface area is 163 Å². The number of rotatable bonds is 6. The van der Waals surface area contributed by atoms with E-state index in [4.69, 9.17) is 16.3 Å². The minimum absolute atomic E-state index is 0.0749. The van der Waals surface area contributed by atoms with E-state index in [0.717, 1.165) is 5.56 Å². The number of thioether (sulfide) groups is 1. The minimum Gasteiger partial charge on any atom is -0.484 e. The molecule has 1 saturated heterocycles. The van der Waals surface area contributed by atoms with Gasteiger partial charge in [0, 0.05) is 22.7 Å². The molecule has 1 aliphatic rings. The van der Waals surface area contributed by atoms with Crippen molar-refractivity contribution in [1.82, 2.24) is 10.4 Å². The van der Waals surface area contributed by atoms with Crippen molar-refractivity contribution in [2.75, 3.05) is 12.4 Å². The maximum Gasteiger partial charge on any atom is 0.276 e. The number of nitrogens with zero attached hydrogens (tertiary/aromatic N) is 2. The van der Waals surface area contributed by atoms with Gasteiger partial charge in [-0.3, -0.25) is 25.1 Å². The Morgan fingerprint density at radius 2 is 2.00 bits per heavy atom. The first-order valence-corrected chi connectivity index (χ1v) is 9.23. The summed E-state index contributed by atoms with van der Waals surface area (Å²) in [7, 11) is 0. The molecule has 8 nitrogen and oxygen atoms in total. The number of nitro groups is 1. The van der Waals surface area contributed by atoms with Gasteiger partial charge in [0.1, 0.15) is 11.1 Å². The molecule has 3 rings (SSSR count). The highest BCUT2D eigenvalue weighted by Gasteiger charge is 2.35. The molecule has 2 aromatic carbocycles. The molecule has 0 radical (unpaired) electrons. The highest BCUT2D eigenvalue weighted by atomic mass is 35.5. The van der Waals surface area contributed by atoms with Gasteiger partial charge >= 0.3 is 0 Å². The van der Waals surface area contributed by atoms with Crippen LogP contribution in [0.2, 0.25) is 5.02 Å². The second-order valence-electron chi connectivity index (χ2n) is 5.52. The van der Waals surface area contributed by atoms with Crippen LogP contribution in [0.5, 0.6) is 5.75 Å². The van der Waals surface area contributed by atoms with Crippen LogP contribution in [0.25, 0.3) is 0 Å². The molecule has 1 heterocycles. The van der Waals surface area contributed by atoms with E-state index >= 15 is 0 Å². The van der Waals surface area contributed by atoms with Gasteiger partial charge in [-0.25, -0.2) is 5.01 Å². The Balaban J connectivity index is 1.61. The number of amides is 2. The van der Waals surface area contributed by atoms with Crippen molar-refractivity contribution in [3.8, 4) is 5.75 Å². The number of hydrazine groups is 1. The zero-order valence-electron chi connectivity index (χ0n) is 13.8. The molecule has 1 aliphatic heterocycles. The van der Waals surface area contributed by atoms with E-state index in [1.807, 2.05) is 6.07 Å². The van der Waals surface area contributed by atoms with Crippen molar-refractivity contribution in [2.24, 2.45) is 0 Å². The lowest BCUT2D eigenvalue weighted by Crippen LogP contribution is -2.46. The van der Waals surface area contributed by atoms with Crippen LogP contribution < -0.4 is 10.2 Å². The summed E-state index contributed by atoms with van der Waals surface area (Å²) in [6.45, 7) is -0.346. The molecule has 1 atom stereocenters. The topological polar surface area (TPSA) is 102 Å². The number of hydrogen-bond donors (Lipinski definition) is 1. The van der Waals surface area contributed by atoms with E-state index in [9.17, 15) is 19.7 Å². The first kappa shape index (κ1) is 19.0. The SMILES string of the molecule is O=C(COc1ccc([N+](=O)[O-])cc1)NN1C(=O)CSC1c1ccccc1Cl. The van der Waals surface area contributed by atoms with Crippen molar-refractivity contribution >= 4 is 40.9 Å². The molecule has 1 N–H and O–H groups in total. The van der Waals surface area contributed by atoms with Crippen LogP contribution in [-0.4, -0.2) is 34.1 Å². The second-order valence-corrected chi connectivity index (χ2v) is 7.00. The van der Waals surface area contributed by atoms with Crippen LogP contribution in [0.4, 0.5) is 5.69 Å². The summed E-state index contributed by atoms with van der Waals surface area (Å²) in [5.41, 5.74) is 3.19. The van der Waals surface area contributed by atoms with Gasteiger partial charge in [-0.15, -0.1) is 11.8 Å². The van der Waals surface area contributed by atoms with Gasteiger partial charge in [0.05, 0.1) is 10.7 Å². The summed E-state index contributed by atoms with van der Waals surface area (Å²) in [5.74, 6) is -0.241. The Morgan fingerprint density at radius 3 is 2.67 bits per heavy atom. The molecular weight excluding hydrogens is 394 g/mol. The molecule has 0 saturated carbocycles. The third kappa shape index (κ3) is 4.50. The monoisotopic (exact) mass is 407 g/mol. The molecule has 0 bridgehead atoms. The fourth-order valence-corrected chi connectivity index (χ4v) is 3.88. The van der Waals surface area contributed by atoms with Crippen molar-refractivity contribution in [2.45, 2.75) is 5.37 Å². The molecule has 2 aromatic rings. The number of ether oxygens (including phenoxy) is 1. The van der Waals surface area contributed by atoms with Crippen molar-refractivity contribution in [1.29, 1.82) is 0 Å². The second kappa shape index (κ2) is 8.28. The summed E-state index contributed by atoms with van der Waals surface area (Å²) in [5, 5.41) is 12.0. The van der Waals surface area contributed by atoms with Crippen LogP contribution in [0.15, 0.2) is 48.5 Å². The fourth-order valence-electron chi connectivity index (χ4n) is 2.43. The summed E-state index contributed by atoms with van der Waals surface area (Å²) < 4.78 is 5.31. The average Bonchev–Trinajstić information content (AvgIpc) is 3.01. The molecule has 140 valence electrons. The normalized spacial score (nSPS) is 16.3. The minimum atomic E-state index is -0.527. The molecule has 10 heteroatoms. The van der Waals surface area contributed by atoms with E-state index in [0.29, 0.717) is 10.8 Å². The Bertz CT molecular complexity index is 877. The Hall–Kier alpha value is -2.78. The fraction of sp³-hybridized carbons (Fsp3) is 0.176.